The standard InChI is InChI=1S/C8H7BF5O/c1-5-4-6(9(12,13)14)2-3-7(5)15-8(10)11/h2-4,8H,1H3/q-1. The predicted molar refractivity (Wildman–Crippen MR) is 46.5 cm³/mol. The quantitative estimate of drug-likeness (QED) is 0.567. The maximum Gasteiger partial charge on any atom is 0.509 e. The molecule has 84 valence electrons. The van der Waals surface area contributed by atoms with Crippen LogP contribution in [-0.2, 0) is 0 Å². The van der Waals surface area contributed by atoms with E-state index < -0.39 is 19.1 Å². The van der Waals surface area contributed by atoms with Crippen molar-refractivity contribution in [1.29, 1.82) is 0 Å². The van der Waals surface area contributed by atoms with Crippen LogP contribution in [0.2, 0.25) is 0 Å². The van der Waals surface area contributed by atoms with E-state index in [2.05, 4.69) is 4.74 Å². The molecule has 0 atom stereocenters. The molecule has 1 nitrogen and oxygen atoms in total. The second-order valence-corrected chi connectivity index (χ2v) is 2.98. The molecule has 0 amide bonds. The van der Waals surface area contributed by atoms with Crippen LogP contribution < -0.4 is 10.2 Å². The van der Waals surface area contributed by atoms with Gasteiger partial charge in [0.1, 0.15) is 5.75 Å². The summed E-state index contributed by atoms with van der Waals surface area (Å²) in [6.45, 7) is -6.86. The van der Waals surface area contributed by atoms with Crippen molar-refractivity contribution in [2.45, 2.75) is 13.5 Å². The van der Waals surface area contributed by atoms with Crippen molar-refractivity contribution in [3.05, 3.63) is 23.8 Å². The maximum atomic E-state index is 12.2. The molecule has 0 bridgehead atoms. The molecule has 0 radical (unpaired) electrons. The monoisotopic (exact) mass is 225 g/mol. The lowest BCUT2D eigenvalue weighted by Crippen LogP contribution is -2.34. The second kappa shape index (κ2) is 4.08. The van der Waals surface area contributed by atoms with Gasteiger partial charge in [-0.25, -0.2) is 0 Å². The van der Waals surface area contributed by atoms with Crippen molar-refractivity contribution in [3.63, 3.8) is 0 Å². The van der Waals surface area contributed by atoms with Gasteiger partial charge >= 0.3 is 13.6 Å². The molecular weight excluding hydrogens is 218 g/mol. The fourth-order valence-corrected chi connectivity index (χ4v) is 1.10. The Bertz CT molecular complexity index is 349. The van der Waals surface area contributed by atoms with Gasteiger partial charge in [0, 0.05) is 0 Å². The van der Waals surface area contributed by atoms with Crippen LogP contribution in [0.3, 0.4) is 0 Å². The van der Waals surface area contributed by atoms with E-state index in [1.807, 2.05) is 0 Å². The molecule has 0 aliphatic carbocycles. The van der Waals surface area contributed by atoms with E-state index >= 15 is 0 Å². The number of hydrogen-bond donors (Lipinski definition) is 0. The highest BCUT2D eigenvalue weighted by molar-refractivity contribution is 6.73. The van der Waals surface area contributed by atoms with Crippen LogP contribution in [0.1, 0.15) is 5.56 Å². The van der Waals surface area contributed by atoms with Crippen LogP contribution in [0, 0.1) is 6.92 Å². The lowest BCUT2D eigenvalue weighted by molar-refractivity contribution is -0.0502. The number of ether oxygens (including phenoxy) is 1. The molecule has 0 fully saturated rings. The molecule has 1 rings (SSSR count). The van der Waals surface area contributed by atoms with Crippen LogP contribution in [0.15, 0.2) is 18.2 Å². The molecule has 15 heavy (non-hydrogen) atoms. The Morgan fingerprint density at radius 1 is 1.20 bits per heavy atom. The average molecular weight is 225 g/mol. The predicted octanol–water partition coefficient (Wildman–Crippen LogP) is 2.65. The van der Waals surface area contributed by atoms with Crippen LogP contribution in [0.5, 0.6) is 5.75 Å². The minimum absolute atomic E-state index is 0.0343. The van der Waals surface area contributed by atoms with Gasteiger partial charge in [-0.1, -0.05) is 12.1 Å². The fraction of sp³-hybridized carbons (Fsp3) is 0.250. The number of alkyl halides is 2. The highest BCUT2D eigenvalue weighted by atomic mass is 19.4. The molecule has 0 N–H and O–H groups in total. The summed E-state index contributed by atoms with van der Waals surface area (Å²) in [4.78, 5) is 0. The topological polar surface area (TPSA) is 9.23 Å². The van der Waals surface area contributed by atoms with Crippen LogP contribution in [0.25, 0.3) is 0 Å². The summed E-state index contributed by atoms with van der Waals surface area (Å²) in [7, 11) is 0. The molecule has 1 aromatic carbocycles. The molecule has 0 saturated heterocycles. The molecule has 0 aromatic heterocycles. The molecule has 0 heterocycles. The van der Waals surface area contributed by atoms with Gasteiger partial charge in [0.2, 0.25) is 0 Å². The number of hydrogen-bond acceptors (Lipinski definition) is 1. The number of rotatable bonds is 3. The first-order chi connectivity index (χ1) is 6.80. The Morgan fingerprint density at radius 3 is 2.20 bits per heavy atom. The average Bonchev–Trinajstić information content (AvgIpc) is 2.05. The number of aryl methyl sites for hydroxylation is 1. The fourth-order valence-electron chi connectivity index (χ4n) is 1.10. The van der Waals surface area contributed by atoms with E-state index in [1.165, 1.54) is 6.92 Å². The molecule has 0 aliphatic rings. The first-order valence-electron chi connectivity index (χ1n) is 4.06. The van der Waals surface area contributed by atoms with E-state index in [0.29, 0.717) is 0 Å². The first kappa shape index (κ1) is 11.8. The van der Waals surface area contributed by atoms with E-state index in [1.54, 1.807) is 0 Å². The Hall–Kier alpha value is -1.27. The van der Waals surface area contributed by atoms with Crippen LogP contribution >= 0.6 is 0 Å². The SMILES string of the molecule is Cc1cc([B-](F)(F)F)ccc1OC(F)F. The zero-order valence-electron chi connectivity index (χ0n) is 7.68. The Kier molecular flexibility index (Phi) is 3.21. The van der Waals surface area contributed by atoms with E-state index in [0.717, 1.165) is 18.2 Å². The summed E-state index contributed by atoms with van der Waals surface area (Å²) in [6.07, 6.45) is 0. The van der Waals surface area contributed by atoms with Gasteiger partial charge in [-0.2, -0.15) is 8.78 Å². The summed E-state index contributed by atoms with van der Waals surface area (Å²) < 4.78 is 64.3. The van der Waals surface area contributed by atoms with Gasteiger partial charge in [0.05, 0.1) is 0 Å². The minimum atomic E-state index is -5.10. The number of halogens is 5. The molecule has 0 spiro atoms. The summed E-state index contributed by atoms with van der Waals surface area (Å²) >= 11 is 0. The van der Waals surface area contributed by atoms with Crippen molar-refractivity contribution in [1.82, 2.24) is 0 Å². The van der Waals surface area contributed by atoms with E-state index in [-0.39, 0.29) is 11.3 Å². The van der Waals surface area contributed by atoms with Crippen LogP contribution in [0.4, 0.5) is 21.7 Å². The number of benzene rings is 1. The van der Waals surface area contributed by atoms with Gasteiger partial charge in [-0.3, -0.25) is 0 Å². The minimum Gasteiger partial charge on any atom is -0.445 e. The summed E-state index contributed by atoms with van der Waals surface area (Å²) in [5.74, 6) is -0.242. The van der Waals surface area contributed by atoms with Crippen molar-refractivity contribution in [3.8, 4) is 5.75 Å². The highest BCUT2D eigenvalue weighted by Crippen LogP contribution is 2.20. The molecule has 0 aliphatic heterocycles. The molecule has 7 heteroatoms. The maximum absolute atomic E-state index is 12.2. The van der Waals surface area contributed by atoms with Crippen LogP contribution in [-0.4, -0.2) is 13.6 Å². The highest BCUT2D eigenvalue weighted by Gasteiger charge is 2.25. The normalized spacial score (nSPS) is 11.9. The first-order valence-corrected chi connectivity index (χ1v) is 4.06. The molecule has 0 saturated carbocycles. The van der Waals surface area contributed by atoms with E-state index in [4.69, 9.17) is 0 Å². The third kappa shape index (κ3) is 3.11. The van der Waals surface area contributed by atoms with Gasteiger partial charge in [0.25, 0.3) is 0 Å². The third-order valence-corrected chi connectivity index (χ3v) is 1.79. The Labute approximate surface area is 82.9 Å². The molecular formula is C8H7BF5O-. The largest absolute Gasteiger partial charge is 0.509 e. The summed E-state index contributed by atoms with van der Waals surface area (Å²) in [5.41, 5.74) is -0.791. The Balaban J connectivity index is 2.98. The smallest absolute Gasteiger partial charge is 0.445 e. The van der Waals surface area contributed by atoms with Gasteiger partial charge in [-0.15, -0.1) is 5.46 Å². The summed E-state index contributed by atoms with van der Waals surface area (Å²) in [5, 5.41) is 0. The second-order valence-electron chi connectivity index (χ2n) is 2.98. The summed E-state index contributed by atoms with van der Waals surface area (Å²) in [6, 6.07) is 2.41. The zero-order chi connectivity index (χ0) is 11.6. The molecule has 1 aromatic rings. The van der Waals surface area contributed by atoms with Crippen molar-refractivity contribution < 1.29 is 26.5 Å². The third-order valence-electron chi connectivity index (χ3n) is 1.79. The zero-order valence-corrected chi connectivity index (χ0v) is 7.68. The van der Waals surface area contributed by atoms with Gasteiger partial charge < -0.3 is 17.7 Å². The van der Waals surface area contributed by atoms with Crippen molar-refractivity contribution >= 4 is 12.4 Å². The van der Waals surface area contributed by atoms with Crippen molar-refractivity contribution in [2.24, 2.45) is 0 Å². The Morgan fingerprint density at radius 2 is 1.80 bits per heavy atom. The lowest BCUT2D eigenvalue weighted by Gasteiger charge is -2.16. The van der Waals surface area contributed by atoms with Gasteiger partial charge in [-0.05, 0) is 18.6 Å². The lowest BCUT2D eigenvalue weighted by atomic mass is 9.79. The van der Waals surface area contributed by atoms with E-state index in [9.17, 15) is 21.7 Å². The van der Waals surface area contributed by atoms with Crippen molar-refractivity contribution in [2.75, 3.05) is 0 Å². The van der Waals surface area contributed by atoms with Gasteiger partial charge in [0.15, 0.2) is 0 Å². The molecule has 0 unspecified atom stereocenters.